The van der Waals surface area contributed by atoms with Crippen molar-refractivity contribution in [3.05, 3.63) is 28.2 Å². The zero-order chi connectivity index (χ0) is 12.6. The summed E-state index contributed by atoms with van der Waals surface area (Å²) in [7, 11) is 0. The van der Waals surface area contributed by atoms with Crippen LogP contribution in [-0.2, 0) is 0 Å². The molecule has 1 saturated heterocycles. The number of nitrogens with zero attached hydrogens (tertiary/aromatic N) is 1. The van der Waals surface area contributed by atoms with Crippen molar-refractivity contribution in [3.8, 4) is 0 Å². The molecule has 2 unspecified atom stereocenters. The summed E-state index contributed by atoms with van der Waals surface area (Å²) in [5.41, 5.74) is 6.31. The molecule has 94 valence electrons. The Kier molecular flexibility index (Phi) is 3.68. The van der Waals surface area contributed by atoms with Crippen LogP contribution in [0.3, 0.4) is 0 Å². The van der Waals surface area contributed by atoms with Crippen LogP contribution in [0, 0.1) is 11.6 Å². The van der Waals surface area contributed by atoms with Gasteiger partial charge in [-0.25, -0.2) is 8.78 Å². The number of hydrogen-bond donors (Lipinski definition) is 1. The maximum Gasteiger partial charge on any atom is 0.150 e. The highest BCUT2D eigenvalue weighted by atomic mass is 79.9. The van der Waals surface area contributed by atoms with Gasteiger partial charge in [0.15, 0.2) is 5.82 Å². The number of benzene rings is 1. The van der Waals surface area contributed by atoms with Gasteiger partial charge in [0.2, 0.25) is 0 Å². The molecule has 1 aliphatic heterocycles. The number of piperidine rings is 1. The molecule has 1 fully saturated rings. The van der Waals surface area contributed by atoms with E-state index in [1.165, 1.54) is 6.07 Å². The minimum Gasteiger partial charge on any atom is -0.365 e. The lowest BCUT2D eigenvalue weighted by molar-refractivity contribution is 0.423. The second-order valence-electron chi connectivity index (χ2n) is 4.54. The zero-order valence-corrected chi connectivity index (χ0v) is 11.2. The monoisotopic (exact) mass is 304 g/mol. The largest absolute Gasteiger partial charge is 0.365 e. The highest BCUT2D eigenvalue weighted by molar-refractivity contribution is 9.10. The van der Waals surface area contributed by atoms with Gasteiger partial charge in [-0.15, -0.1) is 0 Å². The second kappa shape index (κ2) is 4.90. The molecule has 2 nitrogen and oxygen atoms in total. The van der Waals surface area contributed by atoms with Gasteiger partial charge in [0.05, 0.1) is 5.69 Å². The predicted molar refractivity (Wildman–Crippen MR) is 68.1 cm³/mol. The normalized spacial score (nSPS) is 25.1. The minimum absolute atomic E-state index is 0.162. The van der Waals surface area contributed by atoms with E-state index in [1.807, 2.05) is 11.8 Å². The van der Waals surface area contributed by atoms with E-state index in [0.29, 0.717) is 16.7 Å². The van der Waals surface area contributed by atoms with Crippen molar-refractivity contribution in [2.75, 3.05) is 11.4 Å². The van der Waals surface area contributed by atoms with Gasteiger partial charge in [0.1, 0.15) is 5.82 Å². The van der Waals surface area contributed by atoms with Gasteiger partial charge >= 0.3 is 0 Å². The number of halogens is 3. The summed E-state index contributed by atoms with van der Waals surface area (Å²) < 4.78 is 27.3. The lowest BCUT2D eigenvalue weighted by atomic mass is 9.98. The molecule has 0 aliphatic carbocycles. The van der Waals surface area contributed by atoms with Gasteiger partial charge in [0, 0.05) is 29.2 Å². The topological polar surface area (TPSA) is 29.3 Å². The van der Waals surface area contributed by atoms with E-state index in [1.54, 1.807) is 0 Å². The fraction of sp³-hybridized carbons (Fsp3) is 0.500. The smallest absolute Gasteiger partial charge is 0.150 e. The van der Waals surface area contributed by atoms with Gasteiger partial charge in [-0.05, 0) is 41.8 Å². The maximum absolute atomic E-state index is 13.8. The van der Waals surface area contributed by atoms with E-state index < -0.39 is 11.6 Å². The van der Waals surface area contributed by atoms with E-state index in [4.69, 9.17) is 5.73 Å². The van der Waals surface area contributed by atoms with Crippen LogP contribution in [0.15, 0.2) is 16.6 Å². The van der Waals surface area contributed by atoms with Crippen LogP contribution in [0.1, 0.15) is 19.8 Å². The quantitative estimate of drug-likeness (QED) is 0.864. The van der Waals surface area contributed by atoms with Crippen molar-refractivity contribution in [2.24, 2.45) is 5.73 Å². The first-order valence-electron chi connectivity index (χ1n) is 5.66. The van der Waals surface area contributed by atoms with E-state index in [2.05, 4.69) is 15.9 Å². The zero-order valence-electron chi connectivity index (χ0n) is 9.59. The van der Waals surface area contributed by atoms with Crippen molar-refractivity contribution in [3.63, 3.8) is 0 Å². The van der Waals surface area contributed by atoms with Crippen molar-refractivity contribution in [2.45, 2.75) is 31.8 Å². The lowest BCUT2D eigenvalue weighted by Crippen LogP contribution is -2.46. The van der Waals surface area contributed by atoms with Crippen LogP contribution >= 0.6 is 15.9 Å². The molecule has 0 aromatic heterocycles. The van der Waals surface area contributed by atoms with Crippen molar-refractivity contribution in [1.29, 1.82) is 0 Å². The molecule has 1 aromatic rings. The average molecular weight is 305 g/mol. The minimum atomic E-state index is -0.570. The first-order valence-corrected chi connectivity index (χ1v) is 6.45. The molecule has 0 spiro atoms. The standard InChI is InChI=1S/C12H15BrF2N2/c1-7-4-9(16)2-3-17(7)12-10(13)5-8(14)6-11(12)15/h5-7,9H,2-4,16H2,1H3. The van der Waals surface area contributed by atoms with Crippen LogP contribution in [-0.4, -0.2) is 18.6 Å². The second-order valence-corrected chi connectivity index (χ2v) is 5.40. The highest BCUT2D eigenvalue weighted by Gasteiger charge is 2.27. The van der Waals surface area contributed by atoms with Crippen molar-refractivity contribution < 1.29 is 8.78 Å². The third-order valence-electron chi connectivity index (χ3n) is 3.19. The van der Waals surface area contributed by atoms with Crippen LogP contribution < -0.4 is 10.6 Å². The highest BCUT2D eigenvalue weighted by Crippen LogP contribution is 2.34. The Morgan fingerprint density at radius 3 is 2.71 bits per heavy atom. The number of rotatable bonds is 1. The third-order valence-corrected chi connectivity index (χ3v) is 3.79. The molecular formula is C12H15BrF2N2. The lowest BCUT2D eigenvalue weighted by Gasteiger charge is -2.38. The molecule has 17 heavy (non-hydrogen) atoms. The fourth-order valence-corrected chi connectivity index (χ4v) is 2.99. The molecular weight excluding hydrogens is 290 g/mol. The Bertz CT molecular complexity index is 402. The molecule has 1 aromatic carbocycles. The molecule has 5 heteroatoms. The van der Waals surface area contributed by atoms with Gasteiger partial charge in [0.25, 0.3) is 0 Å². The number of anilines is 1. The Morgan fingerprint density at radius 2 is 2.12 bits per heavy atom. The molecule has 0 bridgehead atoms. The molecule has 2 atom stereocenters. The molecule has 2 N–H and O–H groups in total. The predicted octanol–water partition coefficient (Wildman–Crippen LogP) is 3.04. The summed E-state index contributed by atoms with van der Waals surface area (Å²) in [6, 6.07) is 2.54. The molecule has 0 amide bonds. The number of hydrogen-bond acceptors (Lipinski definition) is 2. The van der Waals surface area contributed by atoms with Gasteiger partial charge in [-0.3, -0.25) is 0 Å². The summed E-state index contributed by atoms with van der Waals surface area (Å²) in [6.07, 6.45) is 1.65. The SMILES string of the molecule is CC1CC(N)CCN1c1c(F)cc(F)cc1Br. The molecule has 0 saturated carbocycles. The van der Waals surface area contributed by atoms with Crippen LogP contribution in [0.2, 0.25) is 0 Å². The summed E-state index contributed by atoms with van der Waals surface area (Å²) in [5, 5.41) is 0. The van der Waals surface area contributed by atoms with Crippen molar-refractivity contribution >= 4 is 21.6 Å². The van der Waals surface area contributed by atoms with Crippen LogP contribution in [0.5, 0.6) is 0 Å². The Hall–Kier alpha value is -0.680. The summed E-state index contributed by atoms with van der Waals surface area (Å²) >= 11 is 3.22. The Morgan fingerprint density at radius 1 is 1.41 bits per heavy atom. The Labute approximate surface area is 108 Å². The van der Waals surface area contributed by atoms with Gasteiger partial charge in [-0.2, -0.15) is 0 Å². The number of nitrogens with two attached hydrogens (primary N) is 1. The fourth-order valence-electron chi connectivity index (χ4n) is 2.35. The van der Waals surface area contributed by atoms with E-state index in [-0.39, 0.29) is 12.1 Å². The first kappa shape index (κ1) is 12.8. The van der Waals surface area contributed by atoms with E-state index in [9.17, 15) is 8.78 Å². The summed E-state index contributed by atoms with van der Waals surface area (Å²) in [4.78, 5) is 1.95. The summed E-state index contributed by atoms with van der Waals surface area (Å²) in [5.74, 6) is -1.10. The van der Waals surface area contributed by atoms with E-state index in [0.717, 1.165) is 18.9 Å². The third kappa shape index (κ3) is 2.60. The molecule has 2 rings (SSSR count). The summed E-state index contributed by atoms with van der Waals surface area (Å²) in [6.45, 7) is 2.71. The van der Waals surface area contributed by atoms with E-state index >= 15 is 0 Å². The maximum atomic E-state index is 13.8. The molecule has 1 aliphatic rings. The van der Waals surface area contributed by atoms with Crippen LogP contribution in [0.25, 0.3) is 0 Å². The van der Waals surface area contributed by atoms with Crippen molar-refractivity contribution in [1.82, 2.24) is 0 Å². The van der Waals surface area contributed by atoms with Gasteiger partial charge < -0.3 is 10.6 Å². The molecule has 0 radical (unpaired) electrons. The Balaban J connectivity index is 2.34. The molecule has 1 heterocycles. The first-order chi connectivity index (χ1) is 7.99. The van der Waals surface area contributed by atoms with Crippen LogP contribution in [0.4, 0.5) is 14.5 Å². The van der Waals surface area contributed by atoms with Gasteiger partial charge in [-0.1, -0.05) is 0 Å². The average Bonchev–Trinajstić information content (AvgIpc) is 2.19.